The van der Waals surface area contributed by atoms with Gasteiger partial charge in [0.15, 0.2) is 5.82 Å². The first-order valence-corrected chi connectivity index (χ1v) is 10.3. The Morgan fingerprint density at radius 3 is 2.75 bits per heavy atom. The monoisotopic (exact) mass is 502 g/mol. The van der Waals surface area contributed by atoms with Crippen molar-refractivity contribution in [2.75, 3.05) is 5.32 Å². The van der Waals surface area contributed by atoms with E-state index in [1.807, 2.05) is 18.4 Å². The Morgan fingerprint density at radius 1 is 1.22 bits per heavy atom. The molecule has 0 aromatic carbocycles. The van der Waals surface area contributed by atoms with E-state index in [0.717, 1.165) is 0 Å². The summed E-state index contributed by atoms with van der Waals surface area (Å²) < 4.78 is 30.8. The van der Waals surface area contributed by atoms with Crippen molar-refractivity contribution in [3.05, 3.63) is 64.9 Å². The molecule has 0 unspecified atom stereocenters. The van der Waals surface area contributed by atoms with Crippen LogP contribution < -0.4 is 5.32 Å². The van der Waals surface area contributed by atoms with E-state index in [-0.39, 0.29) is 17.4 Å². The number of nitrogens with one attached hydrogen (secondary N) is 1. The minimum atomic E-state index is -2.94. The molecular weight excluding hydrogens is 486 g/mol. The van der Waals surface area contributed by atoms with Crippen LogP contribution in [0.4, 0.5) is 14.6 Å². The lowest BCUT2D eigenvalue weighted by Crippen LogP contribution is -2.15. The number of nitrogens with zero attached hydrogens (tertiary/aromatic N) is 7. The highest BCUT2D eigenvalue weighted by atomic mass is 79.9. The van der Waals surface area contributed by atoms with Crippen LogP contribution in [0.25, 0.3) is 17.2 Å². The van der Waals surface area contributed by atoms with Crippen molar-refractivity contribution in [3.8, 4) is 17.2 Å². The van der Waals surface area contributed by atoms with E-state index in [1.165, 1.54) is 17.1 Å². The minimum absolute atomic E-state index is 0.104. The van der Waals surface area contributed by atoms with Crippen molar-refractivity contribution in [3.63, 3.8) is 0 Å². The summed E-state index contributed by atoms with van der Waals surface area (Å²) in [7, 11) is 0. The fourth-order valence-electron chi connectivity index (χ4n) is 3.00. The maximum Gasteiger partial charge on any atom is 0.282 e. The van der Waals surface area contributed by atoms with Gasteiger partial charge < -0.3 is 9.88 Å². The van der Waals surface area contributed by atoms with Gasteiger partial charge >= 0.3 is 0 Å². The first-order valence-electron chi connectivity index (χ1n) is 9.50. The van der Waals surface area contributed by atoms with Crippen molar-refractivity contribution in [1.82, 2.24) is 34.5 Å². The number of aromatic nitrogens is 7. The van der Waals surface area contributed by atoms with Crippen LogP contribution in [-0.2, 0) is 0 Å². The molecule has 0 aliphatic rings. The number of halogens is 3. The Hall–Kier alpha value is -3.54. The number of hydrogen-bond acceptors (Lipinski definition) is 6. The lowest BCUT2D eigenvalue weighted by molar-refractivity contribution is 0.101. The molecule has 0 spiro atoms. The summed E-state index contributed by atoms with van der Waals surface area (Å²) in [5.74, 6) is -0.0493. The van der Waals surface area contributed by atoms with E-state index in [4.69, 9.17) is 0 Å². The molecule has 4 heterocycles. The maximum absolute atomic E-state index is 13.6. The highest BCUT2D eigenvalue weighted by Crippen LogP contribution is 2.25. The normalized spacial score (nSPS) is 11.3. The Bertz CT molecular complexity index is 1270. The minimum Gasteiger partial charge on any atom is -0.310 e. The van der Waals surface area contributed by atoms with Gasteiger partial charge in [-0.05, 0) is 48.0 Å². The van der Waals surface area contributed by atoms with Gasteiger partial charge in [0.25, 0.3) is 12.3 Å². The standard InChI is InChI=1S/C20H17BrF2N8O/c1-11(2)30-10-25-28-19(30)15-4-3-5-16(26-15)27-20(32)14-9-31(29-17(14)18(22)23)13-6-12(21)7-24-8-13/h3-11,18H,1-2H3,(H,26,27,32). The van der Waals surface area contributed by atoms with Crippen LogP contribution in [0.3, 0.4) is 0 Å². The fraction of sp³-hybridized carbons (Fsp3) is 0.200. The molecule has 4 rings (SSSR count). The van der Waals surface area contributed by atoms with E-state index in [0.29, 0.717) is 21.7 Å². The molecule has 0 fully saturated rings. The van der Waals surface area contributed by atoms with Gasteiger partial charge in [-0.3, -0.25) is 9.78 Å². The summed E-state index contributed by atoms with van der Waals surface area (Å²) in [6.45, 7) is 3.95. The highest BCUT2D eigenvalue weighted by molar-refractivity contribution is 9.10. The molecule has 0 radical (unpaired) electrons. The van der Waals surface area contributed by atoms with E-state index in [2.05, 4.69) is 46.5 Å². The van der Waals surface area contributed by atoms with Gasteiger partial charge in [0, 0.05) is 22.9 Å². The molecule has 12 heteroatoms. The van der Waals surface area contributed by atoms with E-state index >= 15 is 0 Å². The van der Waals surface area contributed by atoms with Gasteiger partial charge in [-0.15, -0.1) is 10.2 Å². The number of hydrogen-bond donors (Lipinski definition) is 1. The van der Waals surface area contributed by atoms with Gasteiger partial charge in [-0.1, -0.05) is 6.07 Å². The summed E-state index contributed by atoms with van der Waals surface area (Å²) in [6.07, 6.45) is 2.88. The van der Waals surface area contributed by atoms with Crippen molar-refractivity contribution < 1.29 is 13.6 Å². The number of carbonyl (C=O) groups is 1. The van der Waals surface area contributed by atoms with Crippen LogP contribution in [-0.4, -0.2) is 40.4 Å². The molecule has 4 aromatic heterocycles. The largest absolute Gasteiger partial charge is 0.310 e. The summed E-state index contributed by atoms with van der Waals surface area (Å²) in [6, 6.07) is 6.71. The van der Waals surface area contributed by atoms with Crippen molar-refractivity contribution in [1.29, 1.82) is 0 Å². The molecule has 4 aromatic rings. The topological polar surface area (TPSA) is 103 Å². The summed E-state index contributed by atoms with van der Waals surface area (Å²) in [4.78, 5) is 21.2. The van der Waals surface area contributed by atoms with Gasteiger partial charge in [-0.2, -0.15) is 5.10 Å². The fourth-order valence-corrected chi connectivity index (χ4v) is 3.35. The number of rotatable bonds is 6. The van der Waals surface area contributed by atoms with Gasteiger partial charge in [0.1, 0.15) is 23.5 Å². The number of alkyl halides is 2. The first-order chi connectivity index (χ1) is 15.3. The maximum atomic E-state index is 13.6. The van der Waals surface area contributed by atoms with Gasteiger partial charge in [0.2, 0.25) is 0 Å². The van der Waals surface area contributed by atoms with Crippen LogP contribution in [0, 0.1) is 0 Å². The van der Waals surface area contributed by atoms with Crippen LogP contribution in [0.15, 0.2) is 53.7 Å². The van der Waals surface area contributed by atoms with Crippen molar-refractivity contribution >= 4 is 27.7 Å². The molecule has 1 N–H and O–H groups in total. The van der Waals surface area contributed by atoms with Crippen LogP contribution in [0.5, 0.6) is 0 Å². The van der Waals surface area contributed by atoms with Gasteiger partial charge in [-0.25, -0.2) is 18.4 Å². The lowest BCUT2D eigenvalue weighted by atomic mass is 10.2. The van der Waals surface area contributed by atoms with Crippen LogP contribution in [0.2, 0.25) is 0 Å². The number of carbonyl (C=O) groups excluding carboxylic acids is 1. The number of anilines is 1. The second-order valence-electron chi connectivity index (χ2n) is 7.05. The molecule has 0 saturated heterocycles. The summed E-state index contributed by atoms with van der Waals surface area (Å²) >= 11 is 3.27. The molecular formula is C20H17BrF2N8O. The second-order valence-corrected chi connectivity index (χ2v) is 7.97. The molecule has 0 bridgehead atoms. The first kappa shape index (κ1) is 21.7. The Kier molecular flexibility index (Phi) is 6.04. The Morgan fingerprint density at radius 2 is 2.03 bits per heavy atom. The number of pyridine rings is 2. The predicted molar refractivity (Wildman–Crippen MR) is 116 cm³/mol. The van der Waals surface area contributed by atoms with Crippen LogP contribution >= 0.6 is 15.9 Å². The Balaban J connectivity index is 1.64. The summed E-state index contributed by atoms with van der Waals surface area (Å²) in [5, 5.41) is 14.4. The molecule has 1 amide bonds. The van der Waals surface area contributed by atoms with E-state index in [9.17, 15) is 13.6 Å². The summed E-state index contributed by atoms with van der Waals surface area (Å²) in [5.41, 5.74) is 0.00293. The van der Waals surface area contributed by atoms with Crippen LogP contribution in [0.1, 0.15) is 42.4 Å². The molecule has 0 atom stereocenters. The molecule has 32 heavy (non-hydrogen) atoms. The zero-order valence-corrected chi connectivity index (χ0v) is 18.5. The lowest BCUT2D eigenvalue weighted by Gasteiger charge is -2.10. The zero-order valence-electron chi connectivity index (χ0n) is 16.9. The Labute approximate surface area is 189 Å². The third-order valence-corrected chi connectivity index (χ3v) is 4.93. The highest BCUT2D eigenvalue weighted by Gasteiger charge is 2.24. The predicted octanol–water partition coefficient (Wildman–Crippen LogP) is 4.45. The van der Waals surface area contributed by atoms with Gasteiger partial charge in [0.05, 0.1) is 17.4 Å². The average molecular weight is 503 g/mol. The molecule has 0 saturated carbocycles. The quantitative estimate of drug-likeness (QED) is 0.417. The van der Waals surface area contributed by atoms with E-state index < -0.39 is 18.0 Å². The third-order valence-electron chi connectivity index (χ3n) is 4.50. The average Bonchev–Trinajstić information content (AvgIpc) is 3.42. The van der Waals surface area contributed by atoms with E-state index in [1.54, 1.807) is 36.8 Å². The molecule has 164 valence electrons. The SMILES string of the molecule is CC(C)n1cnnc1-c1cccc(NC(=O)c2cn(-c3cncc(Br)c3)nc2C(F)F)n1. The van der Waals surface area contributed by atoms with Crippen molar-refractivity contribution in [2.24, 2.45) is 0 Å². The molecule has 9 nitrogen and oxygen atoms in total. The molecule has 0 aliphatic heterocycles. The third kappa shape index (κ3) is 4.40. The molecule has 0 aliphatic carbocycles. The second kappa shape index (κ2) is 8.91. The smallest absolute Gasteiger partial charge is 0.282 e. The zero-order chi connectivity index (χ0) is 22.8. The number of amides is 1. The van der Waals surface area contributed by atoms with Crippen molar-refractivity contribution in [2.45, 2.75) is 26.3 Å².